The van der Waals surface area contributed by atoms with Gasteiger partial charge in [-0.2, -0.15) is 0 Å². The van der Waals surface area contributed by atoms with Gasteiger partial charge >= 0.3 is 0 Å². The van der Waals surface area contributed by atoms with Crippen LogP contribution in [-0.4, -0.2) is 0 Å². The van der Waals surface area contributed by atoms with E-state index in [2.05, 4.69) is 110 Å². The Kier molecular flexibility index (Phi) is 4.85. The van der Waals surface area contributed by atoms with Crippen molar-refractivity contribution in [1.29, 1.82) is 0 Å². The smallest absolute Gasteiger partial charge is 0.0163 e. The zero-order chi connectivity index (χ0) is 21.5. The monoisotopic (exact) mass is 428 g/mol. The van der Waals surface area contributed by atoms with Crippen LogP contribution in [0, 0.1) is 0 Å². The van der Waals surface area contributed by atoms with Crippen molar-refractivity contribution in [1.82, 2.24) is 0 Å². The van der Waals surface area contributed by atoms with Gasteiger partial charge < -0.3 is 0 Å². The standard InChI is InChI=1S/C31H24S/c1-21-20-28-27(31(21)23-12-6-3-7-13-23)15-9-17-30(28)32-29-16-8-14-25-24(18-19-26(25)29)22-10-4-2-5-11-22/h2-18H,19-20H2,1H3. The molecule has 1 heteroatoms. The Hall–Kier alpha value is -3.29. The van der Waals surface area contributed by atoms with E-state index in [1.54, 1.807) is 0 Å². The molecule has 4 aromatic rings. The zero-order valence-electron chi connectivity index (χ0n) is 18.1. The molecule has 2 aliphatic carbocycles. The Morgan fingerprint density at radius 3 is 1.94 bits per heavy atom. The summed E-state index contributed by atoms with van der Waals surface area (Å²) in [5.41, 5.74) is 12.6. The number of benzene rings is 4. The van der Waals surface area contributed by atoms with Crippen molar-refractivity contribution in [3.05, 3.63) is 142 Å². The van der Waals surface area contributed by atoms with Gasteiger partial charge in [-0.1, -0.05) is 108 Å². The minimum absolute atomic E-state index is 1.00. The van der Waals surface area contributed by atoms with Crippen molar-refractivity contribution < 1.29 is 0 Å². The van der Waals surface area contributed by atoms with E-state index in [4.69, 9.17) is 0 Å². The van der Waals surface area contributed by atoms with Crippen molar-refractivity contribution in [2.24, 2.45) is 0 Å². The summed E-state index contributed by atoms with van der Waals surface area (Å²) in [6.07, 6.45) is 4.42. The van der Waals surface area contributed by atoms with Crippen molar-refractivity contribution in [2.75, 3.05) is 0 Å². The molecule has 0 aromatic heterocycles. The highest BCUT2D eigenvalue weighted by atomic mass is 32.2. The van der Waals surface area contributed by atoms with E-state index in [9.17, 15) is 0 Å². The van der Waals surface area contributed by atoms with Crippen molar-refractivity contribution in [3.8, 4) is 0 Å². The largest absolute Gasteiger partial charge is 0.0895 e. The quantitative estimate of drug-likeness (QED) is 0.316. The second-order valence-electron chi connectivity index (χ2n) is 8.55. The first-order valence-electron chi connectivity index (χ1n) is 11.2. The van der Waals surface area contributed by atoms with Crippen molar-refractivity contribution >= 4 is 22.9 Å². The third kappa shape index (κ3) is 3.25. The molecular weight excluding hydrogens is 404 g/mol. The Labute approximate surface area is 194 Å². The fourth-order valence-corrected chi connectivity index (χ4v) is 6.27. The summed E-state index contributed by atoms with van der Waals surface area (Å²) in [5, 5.41) is 0. The molecule has 0 saturated carbocycles. The molecule has 0 aliphatic heterocycles. The molecule has 0 N–H and O–H groups in total. The summed E-state index contributed by atoms with van der Waals surface area (Å²) in [6.45, 7) is 2.28. The van der Waals surface area contributed by atoms with E-state index in [0.29, 0.717) is 0 Å². The van der Waals surface area contributed by atoms with E-state index in [1.165, 1.54) is 59.9 Å². The van der Waals surface area contributed by atoms with Crippen LogP contribution in [0.5, 0.6) is 0 Å². The summed E-state index contributed by atoms with van der Waals surface area (Å²) >= 11 is 1.93. The number of allylic oxidation sites excluding steroid dienone is 2. The predicted octanol–water partition coefficient (Wildman–Crippen LogP) is 8.20. The average molecular weight is 429 g/mol. The highest BCUT2D eigenvalue weighted by Crippen LogP contribution is 2.45. The third-order valence-corrected chi connectivity index (χ3v) is 7.78. The Morgan fingerprint density at radius 2 is 1.22 bits per heavy atom. The minimum Gasteiger partial charge on any atom is -0.0895 e. The van der Waals surface area contributed by atoms with Gasteiger partial charge in [0.05, 0.1) is 0 Å². The highest BCUT2D eigenvalue weighted by molar-refractivity contribution is 7.99. The topological polar surface area (TPSA) is 0 Å². The lowest BCUT2D eigenvalue weighted by molar-refractivity contribution is 1.13. The maximum atomic E-state index is 2.39. The first-order chi connectivity index (χ1) is 15.8. The number of hydrogen-bond acceptors (Lipinski definition) is 1. The molecule has 0 nitrogen and oxygen atoms in total. The van der Waals surface area contributed by atoms with Crippen LogP contribution in [0.2, 0.25) is 0 Å². The third-order valence-electron chi connectivity index (χ3n) is 6.57. The van der Waals surface area contributed by atoms with E-state index >= 15 is 0 Å². The Morgan fingerprint density at radius 1 is 0.594 bits per heavy atom. The van der Waals surface area contributed by atoms with E-state index in [1.807, 2.05) is 11.8 Å². The lowest BCUT2D eigenvalue weighted by atomic mass is 9.98. The normalized spacial score (nSPS) is 14.3. The van der Waals surface area contributed by atoms with E-state index in [0.717, 1.165) is 12.8 Å². The Balaban J connectivity index is 1.36. The van der Waals surface area contributed by atoms with Crippen LogP contribution in [0.25, 0.3) is 11.1 Å². The van der Waals surface area contributed by atoms with E-state index in [-0.39, 0.29) is 0 Å². The first kappa shape index (κ1) is 19.4. The molecule has 0 bridgehead atoms. The van der Waals surface area contributed by atoms with Crippen molar-refractivity contribution in [3.63, 3.8) is 0 Å². The molecule has 0 amide bonds. The SMILES string of the molecule is CC1=C(c2ccccc2)c2cccc(Sc3cccc4c3CC=C4c3ccccc3)c2C1. The summed E-state index contributed by atoms with van der Waals surface area (Å²) in [4.78, 5) is 2.76. The number of rotatable bonds is 4. The summed E-state index contributed by atoms with van der Waals surface area (Å²) < 4.78 is 0. The predicted molar refractivity (Wildman–Crippen MR) is 136 cm³/mol. The molecule has 0 fully saturated rings. The van der Waals surface area contributed by atoms with Crippen LogP contribution in [0.3, 0.4) is 0 Å². The van der Waals surface area contributed by atoms with Crippen LogP contribution in [0.1, 0.15) is 40.3 Å². The number of hydrogen-bond donors (Lipinski definition) is 0. The molecule has 0 atom stereocenters. The fourth-order valence-electron chi connectivity index (χ4n) is 5.12. The van der Waals surface area contributed by atoms with Crippen LogP contribution in [0.4, 0.5) is 0 Å². The lowest BCUT2D eigenvalue weighted by Gasteiger charge is -2.14. The maximum Gasteiger partial charge on any atom is 0.0163 e. The second kappa shape index (κ2) is 8.00. The van der Waals surface area contributed by atoms with Crippen LogP contribution >= 0.6 is 11.8 Å². The molecule has 0 unspecified atom stereocenters. The van der Waals surface area contributed by atoms with E-state index < -0.39 is 0 Å². The molecule has 0 radical (unpaired) electrons. The lowest BCUT2D eigenvalue weighted by Crippen LogP contribution is -1.92. The van der Waals surface area contributed by atoms with Crippen molar-refractivity contribution in [2.45, 2.75) is 29.6 Å². The van der Waals surface area contributed by atoms with Gasteiger partial charge in [-0.25, -0.2) is 0 Å². The first-order valence-corrected chi connectivity index (χ1v) is 12.0. The van der Waals surface area contributed by atoms with Crippen LogP contribution in [-0.2, 0) is 12.8 Å². The molecule has 32 heavy (non-hydrogen) atoms. The van der Waals surface area contributed by atoms with Gasteiger partial charge in [-0.15, -0.1) is 0 Å². The van der Waals surface area contributed by atoms with Gasteiger partial charge in [0.1, 0.15) is 0 Å². The van der Waals surface area contributed by atoms with Crippen LogP contribution in [0.15, 0.2) is 119 Å². The molecule has 154 valence electrons. The van der Waals surface area contributed by atoms with Gasteiger partial charge in [0.25, 0.3) is 0 Å². The molecule has 0 heterocycles. The molecule has 4 aromatic carbocycles. The Bertz CT molecular complexity index is 1370. The van der Waals surface area contributed by atoms with Gasteiger partial charge in [0.15, 0.2) is 0 Å². The van der Waals surface area contributed by atoms with Crippen LogP contribution < -0.4 is 0 Å². The second-order valence-corrected chi connectivity index (χ2v) is 9.64. The minimum atomic E-state index is 1.00. The zero-order valence-corrected chi connectivity index (χ0v) is 19.0. The molecule has 0 saturated heterocycles. The summed E-state index contributed by atoms with van der Waals surface area (Å²) in [7, 11) is 0. The summed E-state index contributed by atoms with van der Waals surface area (Å²) in [5.74, 6) is 0. The molecule has 6 rings (SSSR count). The number of fused-ring (bicyclic) bond motifs is 2. The average Bonchev–Trinajstić information content (AvgIpc) is 3.42. The fraction of sp³-hybridized carbons (Fsp3) is 0.0968. The highest BCUT2D eigenvalue weighted by Gasteiger charge is 2.24. The van der Waals surface area contributed by atoms with Gasteiger partial charge in [0.2, 0.25) is 0 Å². The molecule has 0 spiro atoms. The van der Waals surface area contributed by atoms with Gasteiger partial charge in [-0.05, 0) is 76.4 Å². The van der Waals surface area contributed by atoms with Gasteiger partial charge in [0, 0.05) is 9.79 Å². The summed E-state index contributed by atoms with van der Waals surface area (Å²) in [6, 6.07) is 35.2. The molecular formula is C31H24S. The maximum absolute atomic E-state index is 2.39. The molecule has 2 aliphatic rings. The van der Waals surface area contributed by atoms with Gasteiger partial charge in [-0.3, -0.25) is 0 Å².